The monoisotopic (exact) mass is 455 g/mol. The second kappa shape index (κ2) is 8.46. The van der Waals surface area contributed by atoms with Crippen LogP contribution in [0.15, 0.2) is 71.9 Å². The summed E-state index contributed by atoms with van der Waals surface area (Å²) in [5.41, 5.74) is 2.71. The molecule has 2 N–H and O–H groups in total. The summed E-state index contributed by atoms with van der Waals surface area (Å²) in [4.78, 5) is 24.0. The van der Waals surface area contributed by atoms with Gasteiger partial charge in [0, 0.05) is 30.7 Å². The minimum atomic E-state index is -3.81. The standard InChI is InChI=1S/C21H18ClN5O3S/c1-27(31(29,30)15-5-4-10-23-12-15)13-20(28)24-14-8-9-18-19(11-14)26-21(25-18)16-6-2-3-7-17(16)22/h2-12H,13H2,1H3,(H,24,28)(H,25,26). The number of likely N-dealkylation sites (N-methyl/N-ethyl adjacent to an activating group) is 1. The second-order valence-electron chi connectivity index (χ2n) is 6.80. The molecule has 0 bridgehead atoms. The van der Waals surface area contributed by atoms with Gasteiger partial charge in [0.2, 0.25) is 15.9 Å². The summed E-state index contributed by atoms with van der Waals surface area (Å²) in [7, 11) is -2.47. The van der Waals surface area contributed by atoms with Gasteiger partial charge < -0.3 is 10.3 Å². The topological polar surface area (TPSA) is 108 Å². The fraction of sp³-hybridized carbons (Fsp3) is 0.0952. The highest BCUT2D eigenvalue weighted by atomic mass is 35.5. The van der Waals surface area contributed by atoms with Crippen molar-refractivity contribution in [1.29, 1.82) is 0 Å². The zero-order chi connectivity index (χ0) is 22.0. The first kappa shape index (κ1) is 21.0. The molecule has 0 aliphatic carbocycles. The Morgan fingerprint density at radius 1 is 1.16 bits per heavy atom. The summed E-state index contributed by atoms with van der Waals surface area (Å²) in [6.07, 6.45) is 2.72. The number of nitrogens with one attached hydrogen (secondary N) is 2. The van der Waals surface area contributed by atoms with E-state index >= 15 is 0 Å². The lowest BCUT2D eigenvalue weighted by Gasteiger charge is -2.16. The van der Waals surface area contributed by atoms with Gasteiger partial charge in [0.1, 0.15) is 10.7 Å². The van der Waals surface area contributed by atoms with Crippen LogP contribution in [-0.2, 0) is 14.8 Å². The molecule has 0 fully saturated rings. The summed E-state index contributed by atoms with van der Waals surface area (Å²) in [5, 5.41) is 3.29. The zero-order valence-electron chi connectivity index (χ0n) is 16.4. The van der Waals surface area contributed by atoms with Gasteiger partial charge in [0.15, 0.2) is 0 Å². The quantitative estimate of drug-likeness (QED) is 0.462. The van der Waals surface area contributed by atoms with Crippen molar-refractivity contribution in [1.82, 2.24) is 19.3 Å². The first-order valence-corrected chi connectivity index (χ1v) is 11.1. The van der Waals surface area contributed by atoms with Crippen molar-refractivity contribution < 1.29 is 13.2 Å². The van der Waals surface area contributed by atoms with Crippen molar-refractivity contribution in [3.05, 3.63) is 72.0 Å². The molecule has 0 saturated carbocycles. The maximum absolute atomic E-state index is 12.5. The Labute approximate surface area is 184 Å². The molecular formula is C21H18ClN5O3S. The van der Waals surface area contributed by atoms with Crippen LogP contribution >= 0.6 is 11.6 Å². The third-order valence-corrected chi connectivity index (χ3v) is 6.72. The van der Waals surface area contributed by atoms with Crippen LogP contribution in [0.25, 0.3) is 22.4 Å². The van der Waals surface area contributed by atoms with Crippen molar-refractivity contribution in [2.75, 3.05) is 18.9 Å². The van der Waals surface area contributed by atoms with Crippen LogP contribution in [0.2, 0.25) is 5.02 Å². The Bertz CT molecular complexity index is 1360. The number of carbonyl (C=O) groups is 1. The predicted octanol–water partition coefficient (Wildman–Crippen LogP) is 3.54. The van der Waals surface area contributed by atoms with Crippen molar-refractivity contribution in [3.63, 3.8) is 0 Å². The van der Waals surface area contributed by atoms with Crippen molar-refractivity contribution >= 4 is 44.3 Å². The number of fused-ring (bicyclic) bond motifs is 1. The smallest absolute Gasteiger partial charge is 0.244 e. The Kier molecular flexibility index (Phi) is 5.73. The van der Waals surface area contributed by atoms with E-state index in [0.717, 1.165) is 9.87 Å². The molecule has 158 valence electrons. The van der Waals surface area contributed by atoms with Gasteiger partial charge in [0.25, 0.3) is 0 Å². The van der Waals surface area contributed by atoms with E-state index in [1.54, 1.807) is 24.3 Å². The third kappa shape index (κ3) is 4.43. The highest BCUT2D eigenvalue weighted by molar-refractivity contribution is 7.89. The summed E-state index contributed by atoms with van der Waals surface area (Å²) >= 11 is 6.24. The Morgan fingerprint density at radius 3 is 2.71 bits per heavy atom. The van der Waals surface area contributed by atoms with E-state index in [2.05, 4.69) is 20.3 Å². The maximum atomic E-state index is 12.5. The van der Waals surface area contributed by atoms with E-state index in [0.29, 0.717) is 27.6 Å². The fourth-order valence-electron chi connectivity index (χ4n) is 3.04. The number of amides is 1. The van der Waals surface area contributed by atoms with Gasteiger partial charge in [-0.05, 0) is 42.5 Å². The van der Waals surface area contributed by atoms with Gasteiger partial charge in [-0.1, -0.05) is 23.7 Å². The normalized spacial score (nSPS) is 11.7. The molecule has 2 heterocycles. The van der Waals surface area contributed by atoms with Gasteiger partial charge in [-0.2, -0.15) is 4.31 Å². The molecule has 0 aliphatic heterocycles. The predicted molar refractivity (Wildman–Crippen MR) is 119 cm³/mol. The molecule has 4 aromatic rings. The lowest BCUT2D eigenvalue weighted by Crippen LogP contribution is -2.35. The largest absolute Gasteiger partial charge is 0.338 e. The Morgan fingerprint density at radius 2 is 1.97 bits per heavy atom. The number of hydrogen-bond acceptors (Lipinski definition) is 5. The number of H-pyrrole nitrogens is 1. The minimum Gasteiger partial charge on any atom is -0.338 e. The molecule has 1 amide bonds. The first-order chi connectivity index (χ1) is 14.8. The SMILES string of the molecule is CN(CC(=O)Nc1ccc2nc(-c3ccccc3Cl)[nH]c2c1)S(=O)(=O)c1cccnc1. The highest BCUT2D eigenvalue weighted by Gasteiger charge is 2.23. The number of rotatable bonds is 6. The number of sulfonamides is 1. The second-order valence-corrected chi connectivity index (χ2v) is 9.25. The van der Waals surface area contributed by atoms with Gasteiger partial charge in [-0.3, -0.25) is 9.78 Å². The lowest BCUT2D eigenvalue weighted by atomic mass is 10.2. The van der Waals surface area contributed by atoms with Crippen LogP contribution in [0.3, 0.4) is 0 Å². The molecule has 0 saturated heterocycles. The average Bonchev–Trinajstić information content (AvgIpc) is 3.17. The third-order valence-electron chi connectivity index (χ3n) is 4.60. The first-order valence-electron chi connectivity index (χ1n) is 9.25. The number of benzene rings is 2. The fourth-order valence-corrected chi connectivity index (χ4v) is 4.35. The van der Waals surface area contributed by atoms with Gasteiger partial charge in [-0.15, -0.1) is 0 Å². The van der Waals surface area contributed by atoms with Crippen LogP contribution in [0, 0.1) is 0 Å². The average molecular weight is 456 g/mol. The maximum Gasteiger partial charge on any atom is 0.244 e. The number of aromatic nitrogens is 3. The van der Waals surface area contributed by atoms with Crippen molar-refractivity contribution in [2.24, 2.45) is 0 Å². The summed E-state index contributed by atoms with van der Waals surface area (Å²) in [5.74, 6) is 0.145. The summed E-state index contributed by atoms with van der Waals surface area (Å²) in [6.45, 7) is -0.344. The number of nitrogens with zero attached hydrogens (tertiary/aromatic N) is 3. The minimum absolute atomic E-state index is 0.0243. The molecule has 8 nitrogen and oxygen atoms in total. The number of carbonyl (C=O) groups excluding carboxylic acids is 1. The Hall–Kier alpha value is -3.27. The van der Waals surface area contributed by atoms with Gasteiger partial charge in [-0.25, -0.2) is 13.4 Å². The van der Waals surface area contributed by atoms with E-state index in [1.165, 1.54) is 31.6 Å². The Balaban J connectivity index is 1.49. The van der Waals surface area contributed by atoms with Crippen molar-refractivity contribution in [2.45, 2.75) is 4.90 Å². The molecule has 4 rings (SSSR count). The van der Waals surface area contributed by atoms with Crippen LogP contribution < -0.4 is 5.32 Å². The number of imidazole rings is 1. The summed E-state index contributed by atoms with van der Waals surface area (Å²) < 4.78 is 26.1. The number of anilines is 1. The lowest BCUT2D eigenvalue weighted by molar-refractivity contribution is -0.116. The molecule has 0 atom stereocenters. The molecule has 0 spiro atoms. The molecule has 0 radical (unpaired) electrons. The van der Waals surface area contributed by atoms with Gasteiger partial charge >= 0.3 is 0 Å². The van der Waals surface area contributed by atoms with E-state index < -0.39 is 15.9 Å². The number of pyridine rings is 1. The molecule has 2 aromatic carbocycles. The van der Waals surface area contributed by atoms with E-state index in [-0.39, 0.29) is 11.4 Å². The van der Waals surface area contributed by atoms with Crippen LogP contribution in [0.1, 0.15) is 0 Å². The van der Waals surface area contributed by atoms with E-state index in [4.69, 9.17) is 11.6 Å². The molecule has 10 heteroatoms. The molecule has 31 heavy (non-hydrogen) atoms. The van der Waals surface area contributed by atoms with Crippen LogP contribution in [0.4, 0.5) is 5.69 Å². The van der Waals surface area contributed by atoms with Crippen LogP contribution in [0.5, 0.6) is 0 Å². The van der Waals surface area contributed by atoms with Gasteiger partial charge in [0.05, 0.1) is 22.6 Å². The van der Waals surface area contributed by atoms with E-state index in [9.17, 15) is 13.2 Å². The zero-order valence-corrected chi connectivity index (χ0v) is 18.0. The number of halogens is 1. The van der Waals surface area contributed by atoms with Crippen molar-refractivity contribution in [3.8, 4) is 11.4 Å². The molecular weight excluding hydrogens is 438 g/mol. The number of hydrogen-bond donors (Lipinski definition) is 2. The summed E-state index contributed by atoms with van der Waals surface area (Å²) in [6, 6.07) is 15.5. The molecule has 0 aliphatic rings. The number of aromatic amines is 1. The molecule has 2 aromatic heterocycles. The van der Waals surface area contributed by atoms with Crippen LogP contribution in [-0.4, -0.2) is 47.2 Å². The molecule has 0 unspecified atom stereocenters. The van der Waals surface area contributed by atoms with E-state index in [1.807, 2.05) is 18.2 Å². The highest BCUT2D eigenvalue weighted by Crippen LogP contribution is 2.28.